The van der Waals surface area contributed by atoms with E-state index >= 15 is 0 Å². The second kappa shape index (κ2) is 10.1. The summed E-state index contributed by atoms with van der Waals surface area (Å²) in [7, 11) is 0. The summed E-state index contributed by atoms with van der Waals surface area (Å²) >= 11 is 0. The third kappa shape index (κ3) is 8.65. The van der Waals surface area contributed by atoms with Crippen LogP contribution in [0.5, 0.6) is 0 Å². The van der Waals surface area contributed by atoms with Gasteiger partial charge in [-0.15, -0.1) is 0 Å². The highest BCUT2D eigenvalue weighted by molar-refractivity contribution is 5.81. The molecule has 0 aromatic rings. The molecule has 0 unspecified atom stereocenters. The summed E-state index contributed by atoms with van der Waals surface area (Å²) in [5.41, 5.74) is 0.782. The van der Waals surface area contributed by atoms with Gasteiger partial charge >= 0.3 is 5.97 Å². The van der Waals surface area contributed by atoms with Crippen molar-refractivity contribution in [1.29, 1.82) is 0 Å². The lowest BCUT2D eigenvalue weighted by molar-refractivity contribution is -0.133. The first-order chi connectivity index (χ1) is 8.13. The highest BCUT2D eigenvalue weighted by Gasteiger charge is 2.04. The highest BCUT2D eigenvalue weighted by Crippen LogP contribution is 2.07. The smallest absolute Gasteiger partial charge is 0.328 e. The Balaban J connectivity index is 4.24. The molecular formula is C13H22O4. The lowest BCUT2D eigenvalue weighted by Gasteiger charge is -2.14. The Bertz CT molecular complexity index is 263. The molecule has 0 amide bonds. The van der Waals surface area contributed by atoms with E-state index in [1.165, 1.54) is 6.08 Å². The average molecular weight is 242 g/mol. The van der Waals surface area contributed by atoms with Crippen molar-refractivity contribution in [3.05, 3.63) is 23.8 Å². The Kier molecular flexibility index (Phi) is 9.38. The molecule has 4 heteroatoms. The van der Waals surface area contributed by atoms with Gasteiger partial charge in [0.25, 0.3) is 0 Å². The SMILES string of the molecule is CCOC(C/C=C/C(=C/C(=O)O)CC)OCC. The first-order valence-electron chi connectivity index (χ1n) is 5.97. The van der Waals surface area contributed by atoms with Crippen LogP contribution < -0.4 is 0 Å². The number of aliphatic carboxylic acids is 1. The standard InChI is InChI=1S/C13H22O4/c1-4-11(10-12(14)15)8-7-9-13(16-5-2)17-6-3/h7-8,10,13H,4-6,9H2,1-3H3,(H,14,15)/b8-7+,11-10+. The van der Waals surface area contributed by atoms with E-state index in [4.69, 9.17) is 14.6 Å². The minimum absolute atomic E-state index is 0.246. The Morgan fingerprint density at radius 2 is 1.82 bits per heavy atom. The molecule has 0 aliphatic rings. The van der Waals surface area contributed by atoms with E-state index in [1.807, 2.05) is 26.8 Å². The van der Waals surface area contributed by atoms with E-state index < -0.39 is 5.97 Å². The lowest BCUT2D eigenvalue weighted by Crippen LogP contribution is -2.16. The molecule has 0 spiro atoms. The molecule has 0 aliphatic heterocycles. The highest BCUT2D eigenvalue weighted by atomic mass is 16.7. The number of allylic oxidation sites excluding steroid dienone is 2. The Morgan fingerprint density at radius 3 is 2.24 bits per heavy atom. The topological polar surface area (TPSA) is 55.8 Å². The Hall–Kier alpha value is -1.13. The van der Waals surface area contributed by atoms with Gasteiger partial charge in [0.2, 0.25) is 0 Å². The largest absolute Gasteiger partial charge is 0.478 e. The second-order valence-corrected chi connectivity index (χ2v) is 3.39. The number of hydrogen-bond acceptors (Lipinski definition) is 3. The molecule has 0 aromatic carbocycles. The van der Waals surface area contributed by atoms with Gasteiger partial charge in [0.05, 0.1) is 0 Å². The fourth-order valence-electron chi connectivity index (χ4n) is 1.31. The first kappa shape index (κ1) is 15.9. The van der Waals surface area contributed by atoms with Crippen LogP contribution in [-0.2, 0) is 14.3 Å². The van der Waals surface area contributed by atoms with Crippen LogP contribution in [0.3, 0.4) is 0 Å². The number of rotatable bonds is 9. The molecular weight excluding hydrogens is 220 g/mol. The van der Waals surface area contributed by atoms with Crippen LogP contribution >= 0.6 is 0 Å². The minimum atomic E-state index is -0.919. The Labute approximate surface area is 103 Å². The van der Waals surface area contributed by atoms with Crippen LogP contribution in [0.1, 0.15) is 33.6 Å². The van der Waals surface area contributed by atoms with Crippen molar-refractivity contribution < 1.29 is 19.4 Å². The zero-order valence-electron chi connectivity index (χ0n) is 10.8. The summed E-state index contributed by atoms with van der Waals surface area (Å²) in [5.74, 6) is -0.919. The first-order valence-corrected chi connectivity index (χ1v) is 5.97. The van der Waals surface area contributed by atoms with E-state index in [9.17, 15) is 4.79 Å². The van der Waals surface area contributed by atoms with Crippen molar-refractivity contribution in [3.8, 4) is 0 Å². The monoisotopic (exact) mass is 242 g/mol. The van der Waals surface area contributed by atoms with Gasteiger partial charge in [0.15, 0.2) is 6.29 Å². The molecule has 98 valence electrons. The van der Waals surface area contributed by atoms with Crippen molar-refractivity contribution in [3.63, 3.8) is 0 Å². The predicted molar refractivity (Wildman–Crippen MR) is 66.8 cm³/mol. The van der Waals surface area contributed by atoms with Crippen LogP contribution in [0.15, 0.2) is 23.8 Å². The lowest BCUT2D eigenvalue weighted by atomic mass is 10.1. The van der Waals surface area contributed by atoms with Crippen LogP contribution in [0.25, 0.3) is 0 Å². The number of hydrogen-bond donors (Lipinski definition) is 1. The molecule has 4 nitrogen and oxygen atoms in total. The van der Waals surface area contributed by atoms with Gasteiger partial charge in [-0.2, -0.15) is 0 Å². The molecule has 0 aliphatic carbocycles. The zero-order valence-corrected chi connectivity index (χ0v) is 10.8. The Morgan fingerprint density at radius 1 is 1.24 bits per heavy atom. The summed E-state index contributed by atoms with van der Waals surface area (Å²) < 4.78 is 10.7. The van der Waals surface area contributed by atoms with Crippen LogP contribution in [-0.4, -0.2) is 30.6 Å². The van der Waals surface area contributed by atoms with Gasteiger partial charge in [-0.3, -0.25) is 0 Å². The van der Waals surface area contributed by atoms with Crippen molar-refractivity contribution in [2.75, 3.05) is 13.2 Å². The van der Waals surface area contributed by atoms with Gasteiger partial charge in [-0.25, -0.2) is 4.79 Å². The van der Waals surface area contributed by atoms with E-state index in [-0.39, 0.29) is 6.29 Å². The number of ether oxygens (including phenoxy) is 2. The molecule has 17 heavy (non-hydrogen) atoms. The fourth-order valence-corrected chi connectivity index (χ4v) is 1.31. The molecule has 0 rings (SSSR count). The fraction of sp³-hybridized carbons (Fsp3) is 0.615. The number of carboxylic acid groups (broad SMARTS) is 1. The van der Waals surface area contributed by atoms with Crippen LogP contribution in [0.4, 0.5) is 0 Å². The summed E-state index contributed by atoms with van der Waals surface area (Å²) in [6, 6.07) is 0. The third-order valence-electron chi connectivity index (χ3n) is 2.08. The van der Waals surface area contributed by atoms with E-state index in [2.05, 4.69) is 0 Å². The maximum Gasteiger partial charge on any atom is 0.328 e. The molecule has 0 saturated carbocycles. The predicted octanol–water partition coefficient (Wildman–Crippen LogP) is 2.75. The molecule has 0 bridgehead atoms. The van der Waals surface area contributed by atoms with E-state index in [0.29, 0.717) is 26.1 Å². The van der Waals surface area contributed by atoms with Crippen molar-refractivity contribution >= 4 is 5.97 Å². The van der Waals surface area contributed by atoms with Gasteiger partial charge in [0, 0.05) is 25.7 Å². The average Bonchev–Trinajstić information content (AvgIpc) is 2.27. The number of carbonyl (C=O) groups is 1. The summed E-state index contributed by atoms with van der Waals surface area (Å²) in [5, 5.41) is 8.63. The second-order valence-electron chi connectivity index (χ2n) is 3.39. The van der Waals surface area contributed by atoms with Crippen molar-refractivity contribution in [2.45, 2.75) is 39.9 Å². The van der Waals surface area contributed by atoms with Gasteiger partial charge in [-0.1, -0.05) is 19.1 Å². The molecule has 1 N–H and O–H groups in total. The quantitative estimate of drug-likeness (QED) is 0.384. The normalized spacial score (nSPS) is 12.6. The summed E-state index contributed by atoms with van der Waals surface area (Å²) in [4.78, 5) is 10.5. The molecule has 0 saturated heterocycles. The molecule has 0 atom stereocenters. The summed E-state index contributed by atoms with van der Waals surface area (Å²) in [6.45, 7) is 6.95. The minimum Gasteiger partial charge on any atom is -0.478 e. The van der Waals surface area contributed by atoms with Crippen molar-refractivity contribution in [1.82, 2.24) is 0 Å². The van der Waals surface area contributed by atoms with E-state index in [1.54, 1.807) is 6.08 Å². The van der Waals surface area contributed by atoms with Crippen molar-refractivity contribution in [2.24, 2.45) is 0 Å². The summed E-state index contributed by atoms with van der Waals surface area (Å²) in [6.07, 6.45) is 5.97. The maximum atomic E-state index is 10.5. The zero-order chi connectivity index (χ0) is 13.1. The molecule has 0 heterocycles. The molecule has 0 aromatic heterocycles. The molecule has 0 fully saturated rings. The maximum absolute atomic E-state index is 10.5. The van der Waals surface area contributed by atoms with Gasteiger partial charge in [-0.05, 0) is 25.8 Å². The van der Waals surface area contributed by atoms with Crippen LogP contribution in [0.2, 0.25) is 0 Å². The number of carboxylic acids is 1. The third-order valence-corrected chi connectivity index (χ3v) is 2.08. The molecule has 0 radical (unpaired) electrons. The van der Waals surface area contributed by atoms with E-state index in [0.717, 1.165) is 5.57 Å². The van der Waals surface area contributed by atoms with Gasteiger partial charge in [0.1, 0.15) is 0 Å². The van der Waals surface area contributed by atoms with Crippen LogP contribution in [0, 0.1) is 0 Å². The van der Waals surface area contributed by atoms with Gasteiger partial charge < -0.3 is 14.6 Å².